The summed E-state index contributed by atoms with van der Waals surface area (Å²) in [6, 6.07) is 18.7. The third-order valence-electron chi connectivity index (χ3n) is 6.08. The molecule has 0 aliphatic rings. The van der Waals surface area contributed by atoms with Gasteiger partial charge in [-0.15, -0.1) is 0 Å². The van der Waals surface area contributed by atoms with E-state index in [1.807, 2.05) is 19.1 Å². The maximum absolute atomic E-state index is 13.9. The Balaban J connectivity index is 1.50. The van der Waals surface area contributed by atoms with Gasteiger partial charge in [-0.1, -0.05) is 17.7 Å². The molecule has 11 heteroatoms. The van der Waals surface area contributed by atoms with E-state index in [1.54, 1.807) is 61.7 Å². The number of ether oxygens (including phenoxy) is 2. The Morgan fingerprint density at radius 1 is 1.02 bits per heavy atom. The second-order valence-corrected chi connectivity index (χ2v) is 11.2. The molecular formula is C29H31ClN4O5S. The molecule has 0 fully saturated rings. The number of aromatic nitrogens is 1. The zero-order valence-corrected chi connectivity index (χ0v) is 24.1. The molecule has 210 valence electrons. The lowest BCUT2D eigenvalue weighted by molar-refractivity contribution is -0.119. The number of sulfonamides is 1. The van der Waals surface area contributed by atoms with Crippen molar-refractivity contribution in [2.45, 2.75) is 18.7 Å². The number of methoxy groups -OCH3 is 1. The number of hydrogen-bond donors (Lipinski definition) is 2. The number of fused-ring (bicyclic) bond motifs is 1. The van der Waals surface area contributed by atoms with Crippen LogP contribution in [0.15, 0.2) is 77.8 Å². The summed E-state index contributed by atoms with van der Waals surface area (Å²) >= 11 is 6.07. The Hall–Kier alpha value is -4.02. The number of nitrogens with zero attached hydrogens (tertiary/aromatic N) is 2. The first-order chi connectivity index (χ1) is 19.2. The quantitative estimate of drug-likeness (QED) is 0.226. The minimum Gasteiger partial charge on any atom is -0.495 e. The van der Waals surface area contributed by atoms with Gasteiger partial charge in [0.25, 0.3) is 10.0 Å². The van der Waals surface area contributed by atoms with Crippen LogP contribution in [-0.2, 0) is 14.8 Å². The van der Waals surface area contributed by atoms with E-state index in [2.05, 4.69) is 15.6 Å². The maximum atomic E-state index is 13.9. The monoisotopic (exact) mass is 582 g/mol. The first-order valence-electron chi connectivity index (χ1n) is 12.7. The van der Waals surface area contributed by atoms with E-state index in [-0.39, 0.29) is 17.2 Å². The van der Waals surface area contributed by atoms with Crippen molar-refractivity contribution in [3.05, 3.63) is 83.5 Å². The molecular weight excluding hydrogens is 552 g/mol. The van der Waals surface area contributed by atoms with Gasteiger partial charge in [-0.25, -0.2) is 8.42 Å². The van der Waals surface area contributed by atoms with E-state index in [0.29, 0.717) is 29.6 Å². The molecule has 9 nitrogen and oxygen atoms in total. The van der Waals surface area contributed by atoms with E-state index in [1.165, 1.54) is 13.2 Å². The Labute approximate surface area is 239 Å². The van der Waals surface area contributed by atoms with Crippen LogP contribution in [-0.4, -0.2) is 52.7 Å². The second-order valence-electron chi connectivity index (χ2n) is 8.89. The number of anilines is 2. The van der Waals surface area contributed by atoms with Gasteiger partial charge in [0.1, 0.15) is 22.9 Å². The lowest BCUT2D eigenvalue weighted by Gasteiger charge is -2.25. The summed E-state index contributed by atoms with van der Waals surface area (Å²) in [7, 11) is -2.76. The number of nitrogens with one attached hydrogen (secondary N) is 2. The van der Waals surface area contributed by atoms with Crippen LogP contribution >= 0.6 is 11.6 Å². The maximum Gasteiger partial charge on any atom is 0.268 e. The van der Waals surface area contributed by atoms with Crippen molar-refractivity contribution in [3.63, 3.8) is 0 Å². The van der Waals surface area contributed by atoms with E-state index in [0.717, 1.165) is 26.5 Å². The molecule has 4 rings (SSSR count). The van der Waals surface area contributed by atoms with Crippen molar-refractivity contribution in [2.24, 2.45) is 0 Å². The molecule has 0 spiro atoms. The summed E-state index contributed by atoms with van der Waals surface area (Å²) in [6.45, 7) is 4.38. The van der Waals surface area contributed by atoms with Gasteiger partial charge in [-0.05, 0) is 80.1 Å². The van der Waals surface area contributed by atoms with Crippen molar-refractivity contribution in [1.29, 1.82) is 0 Å². The predicted octanol–water partition coefficient (Wildman–Crippen LogP) is 5.03. The summed E-state index contributed by atoms with van der Waals surface area (Å²) < 4.78 is 39.7. The number of benzene rings is 3. The fraction of sp³-hybridized carbons (Fsp3) is 0.241. The SMILES string of the molecule is CCOc1ccc(N(CC(=O)NCCNc2ccnc3cc(Cl)ccc23)S(=O)(=O)c2cc(C)ccc2OC)cc1. The summed E-state index contributed by atoms with van der Waals surface area (Å²) in [4.78, 5) is 17.3. The van der Waals surface area contributed by atoms with E-state index >= 15 is 0 Å². The number of rotatable bonds is 12. The van der Waals surface area contributed by atoms with Crippen molar-refractivity contribution in [1.82, 2.24) is 10.3 Å². The number of halogens is 1. The fourth-order valence-electron chi connectivity index (χ4n) is 4.16. The Bertz CT molecular complexity index is 1600. The number of hydrogen-bond acceptors (Lipinski definition) is 7. The Morgan fingerprint density at radius 3 is 2.52 bits per heavy atom. The topological polar surface area (TPSA) is 110 Å². The number of pyridine rings is 1. The van der Waals surface area contributed by atoms with E-state index in [4.69, 9.17) is 21.1 Å². The highest BCUT2D eigenvalue weighted by Gasteiger charge is 2.30. The predicted molar refractivity (Wildman–Crippen MR) is 158 cm³/mol. The average molecular weight is 583 g/mol. The van der Waals surface area contributed by atoms with Crippen molar-refractivity contribution in [3.8, 4) is 11.5 Å². The van der Waals surface area contributed by atoms with Crippen LogP contribution in [0.2, 0.25) is 5.02 Å². The largest absolute Gasteiger partial charge is 0.495 e. The fourth-order valence-corrected chi connectivity index (χ4v) is 5.99. The summed E-state index contributed by atoms with van der Waals surface area (Å²) in [5, 5.41) is 7.59. The van der Waals surface area contributed by atoms with Crippen LogP contribution in [0.1, 0.15) is 12.5 Å². The van der Waals surface area contributed by atoms with Crippen molar-refractivity contribution >= 4 is 49.8 Å². The molecule has 0 atom stereocenters. The van der Waals surface area contributed by atoms with Crippen LogP contribution in [0.5, 0.6) is 11.5 Å². The standard InChI is InChI=1S/C29H31ClN4O5S/c1-4-39-23-9-7-22(8-10-23)34(40(36,37)28-17-20(2)5-12-27(28)38-3)19-29(35)33-16-15-32-25-13-14-31-26-18-21(30)6-11-24(25)26/h5-14,17-18H,4,15-16,19H2,1-3H3,(H,31,32)(H,33,35). The van der Waals surface area contributed by atoms with Gasteiger partial charge in [0.2, 0.25) is 5.91 Å². The molecule has 0 aliphatic heterocycles. The van der Waals surface area contributed by atoms with Gasteiger partial charge in [-0.2, -0.15) is 0 Å². The van der Waals surface area contributed by atoms with Crippen LogP contribution in [0, 0.1) is 6.92 Å². The highest BCUT2D eigenvalue weighted by atomic mass is 35.5. The van der Waals surface area contributed by atoms with E-state index in [9.17, 15) is 13.2 Å². The molecule has 0 radical (unpaired) electrons. The van der Waals surface area contributed by atoms with Gasteiger partial charge >= 0.3 is 0 Å². The first kappa shape index (κ1) is 29.0. The minimum absolute atomic E-state index is 0.0250. The summed E-state index contributed by atoms with van der Waals surface area (Å²) in [5.74, 6) is 0.326. The third kappa shape index (κ3) is 6.75. The highest BCUT2D eigenvalue weighted by Crippen LogP contribution is 2.31. The number of carbonyl (C=O) groups is 1. The van der Waals surface area contributed by atoms with Crippen LogP contribution in [0.25, 0.3) is 10.9 Å². The average Bonchev–Trinajstić information content (AvgIpc) is 2.94. The van der Waals surface area contributed by atoms with Gasteiger partial charge in [0, 0.05) is 35.4 Å². The summed E-state index contributed by atoms with van der Waals surface area (Å²) in [5.41, 5.74) is 2.67. The van der Waals surface area contributed by atoms with Crippen LogP contribution in [0.3, 0.4) is 0 Å². The lowest BCUT2D eigenvalue weighted by atomic mass is 10.2. The van der Waals surface area contributed by atoms with Crippen LogP contribution in [0.4, 0.5) is 11.4 Å². The van der Waals surface area contributed by atoms with Crippen LogP contribution < -0.4 is 24.4 Å². The molecule has 2 N–H and O–H groups in total. The molecule has 1 heterocycles. The van der Waals surface area contributed by atoms with Crippen molar-refractivity contribution in [2.75, 3.05) is 43.0 Å². The zero-order valence-electron chi connectivity index (χ0n) is 22.5. The number of carbonyl (C=O) groups excluding carboxylic acids is 1. The normalized spacial score (nSPS) is 11.2. The van der Waals surface area contributed by atoms with Gasteiger partial charge in [0.05, 0.1) is 24.9 Å². The molecule has 0 bridgehead atoms. The molecule has 0 saturated heterocycles. The number of amides is 1. The van der Waals surface area contributed by atoms with Gasteiger partial charge < -0.3 is 20.1 Å². The number of aryl methyl sites for hydroxylation is 1. The highest BCUT2D eigenvalue weighted by molar-refractivity contribution is 7.93. The molecule has 1 aromatic heterocycles. The first-order valence-corrected chi connectivity index (χ1v) is 14.5. The van der Waals surface area contributed by atoms with E-state index < -0.39 is 22.5 Å². The molecule has 0 aliphatic carbocycles. The second kappa shape index (κ2) is 12.9. The minimum atomic E-state index is -4.17. The van der Waals surface area contributed by atoms with Crippen molar-refractivity contribution < 1.29 is 22.7 Å². The lowest BCUT2D eigenvalue weighted by Crippen LogP contribution is -2.42. The van der Waals surface area contributed by atoms with Gasteiger partial charge in [-0.3, -0.25) is 14.1 Å². The van der Waals surface area contributed by atoms with Gasteiger partial charge in [0.15, 0.2) is 0 Å². The zero-order chi connectivity index (χ0) is 28.7. The third-order valence-corrected chi connectivity index (χ3v) is 8.11. The molecule has 1 amide bonds. The molecule has 0 saturated carbocycles. The Morgan fingerprint density at radius 2 is 1.80 bits per heavy atom. The molecule has 40 heavy (non-hydrogen) atoms. The summed E-state index contributed by atoms with van der Waals surface area (Å²) in [6.07, 6.45) is 1.68. The smallest absolute Gasteiger partial charge is 0.268 e. The Kier molecular flexibility index (Phi) is 9.34. The molecule has 4 aromatic rings. The molecule has 0 unspecified atom stereocenters. The molecule has 3 aromatic carbocycles.